The lowest BCUT2D eigenvalue weighted by atomic mass is 10.1. The Hall–Kier alpha value is -1.68. The molecule has 0 fully saturated rings. The minimum atomic E-state index is -0.976. The van der Waals surface area contributed by atoms with Crippen LogP contribution >= 0.6 is 11.3 Å². The van der Waals surface area contributed by atoms with Gasteiger partial charge in [0.05, 0.1) is 0 Å². The Labute approximate surface area is 97.5 Å². The quantitative estimate of drug-likeness (QED) is 0.872. The van der Waals surface area contributed by atoms with E-state index < -0.39 is 5.97 Å². The van der Waals surface area contributed by atoms with E-state index in [-0.39, 0.29) is 5.69 Å². The predicted molar refractivity (Wildman–Crippen MR) is 64.6 cm³/mol. The van der Waals surface area contributed by atoms with Crippen LogP contribution in [0.5, 0.6) is 0 Å². The third-order valence-corrected chi connectivity index (χ3v) is 3.04. The summed E-state index contributed by atoms with van der Waals surface area (Å²) in [6.07, 6.45) is 12.2. The van der Waals surface area contributed by atoms with Gasteiger partial charge >= 0.3 is 5.97 Å². The van der Waals surface area contributed by atoms with Crippen LogP contribution in [0.3, 0.4) is 0 Å². The highest BCUT2D eigenvalue weighted by Gasteiger charge is 2.06. The molecule has 0 atom stereocenters. The molecule has 0 saturated heterocycles. The summed E-state index contributed by atoms with van der Waals surface area (Å²) in [4.78, 5) is 14.6. The van der Waals surface area contributed by atoms with Gasteiger partial charge in [0.2, 0.25) is 0 Å². The SMILES string of the molecule is O=C(O)c1csc(/C=C/C2=CC=CCC2)n1. The van der Waals surface area contributed by atoms with Gasteiger partial charge in [0.15, 0.2) is 5.69 Å². The van der Waals surface area contributed by atoms with Crippen molar-refractivity contribution < 1.29 is 9.90 Å². The van der Waals surface area contributed by atoms with Gasteiger partial charge in [-0.15, -0.1) is 11.3 Å². The first kappa shape index (κ1) is 10.8. The van der Waals surface area contributed by atoms with Gasteiger partial charge in [-0.1, -0.05) is 24.3 Å². The Morgan fingerprint density at radius 3 is 3.00 bits per heavy atom. The van der Waals surface area contributed by atoms with Gasteiger partial charge in [-0.25, -0.2) is 9.78 Å². The topological polar surface area (TPSA) is 50.2 Å². The highest BCUT2D eigenvalue weighted by Crippen LogP contribution is 2.16. The summed E-state index contributed by atoms with van der Waals surface area (Å²) < 4.78 is 0. The van der Waals surface area contributed by atoms with E-state index in [0.29, 0.717) is 0 Å². The Morgan fingerprint density at radius 2 is 2.38 bits per heavy atom. The van der Waals surface area contributed by atoms with Crippen LogP contribution in [0.1, 0.15) is 28.3 Å². The van der Waals surface area contributed by atoms with Crippen molar-refractivity contribution in [3.63, 3.8) is 0 Å². The molecule has 0 aliphatic heterocycles. The molecule has 1 N–H and O–H groups in total. The zero-order valence-electron chi connectivity index (χ0n) is 8.59. The molecule has 0 amide bonds. The van der Waals surface area contributed by atoms with Gasteiger partial charge in [-0.3, -0.25) is 0 Å². The second-order valence-electron chi connectivity index (χ2n) is 3.42. The standard InChI is InChI=1S/C12H11NO2S/c14-12(15)10-8-16-11(13-10)7-6-9-4-2-1-3-5-9/h1-2,4,6-8H,3,5H2,(H,14,15)/b7-6+. The number of allylic oxidation sites excluding steroid dienone is 5. The van der Waals surface area contributed by atoms with E-state index in [1.54, 1.807) is 5.38 Å². The molecule has 0 bridgehead atoms. The zero-order chi connectivity index (χ0) is 11.4. The van der Waals surface area contributed by atoms with Crippen LogP contribution in [-0.2, 0) is 0 Å². The Kier molecular flexibility index (Phi) is 3.31. The van der Waals surface area contributed by atoms with Gasteiger partial charge in [-0.2, -0.15) is 0 Å². The van der Waals surface area contributed by atoms with E-state index in [1.165, 1.54) is 16.9 Å². The molecule has 0 aromatic carbocycles. The minimum absolute atomic E-state index is 0.113. The van der Waals surface area contributed by atoms with E-state index in [1.807, 2.05) is 18.2 Å². The molecule has 16 heavy (non-hydrogen) atoms. The number of hydrogen-bond acceptors (Lipinski definition) is 3. The lowest BCUT2D eigenvalue weighted by Gasteiger charge is -2.01. The smallest absolute Gasteiger partial charge is 0.355 e. The van der Waals surface area contributed by atoms with Crippen molar-refractivity contribution in [2.24, 2.45) is 0 Å². The fourth-order valence-electron chi connectivity index (χ4n) is 1.40. The maximum atomic E-state index is 10.6. The van der Waals surface area contributed by atoms with E-state index in [4.69, 9.17) is 5.11 Å². The zero-order valence-corrected chi connectivity index (χ0v) is 9.41. The molecule has 1 heterocycles. The molecule has 4 heteroatoms. The number of rotatable bonds is 3. The molecular weight excluding hydrogens is 222 g/mol. The van der Waals surface area contributed by atoms with Crippen LogP contribution in [0.25, 0.3) is 6.08 Å². The van der Waals surface area contributed by atoms with Gasteiger partial charge in [0.25, 0.3) is 0 Å². The summed E-state index contributed by atoms with van der Waals surface area (Å²) in [5.74, 6) is -0.976. The molecule has 0 radical (unpaired) electrons. The summed E-state index contributed by atoms with van der Waals surface area (Å²) in [5, 5.41) is 11.0. The van der Waals surface area contributed by atoms with E-state index in [9.17, 15) is 4.79 Å². The molecule has 1 aliphatic carbocycles. The molecule has 0 unspecified atom stereocenters. The van der Waals surface area contributed by atoms with E-state index in [2.05, 4.69) is 17.1 Å². The van der Waals surface area contributed by atoms with Crippen LogP contribution in [0.4, 0.5) is 0 Å². The lowest BCUT2D eigenvalue weighted by molar-refractivity contribution is 0.0691. The number of carboxylic acid groups (broad SMARTS) is 1. The Bertz CT molecular complexity index is 483. The highest BCUT2D eigenvalue weighted by atomic mass is 32.1. The van der Waals surface area contributed by atoms with Crippen molar-refractivity contribution >= 4 is 23.4 Å². The van der Waals surface area contributed by atoms with Crippen molar-refractivity contribution in [1.82, 2.24) is 4.98 Å². The largest absolute Gasteiger partial charge is 0.476 e. The molecule has 1 aromatic rings. The predicted octanol–water partition coefficient (Wildman–Crippen LogP) is 3.13. The maximum absolute atomic E-state index is 10.6. The molecule has 82 valence electrons. The number of nitrogens with zero attached hydrogens (tertiary/aromatic N) is 1. The molecule has 0 saturated carbocycles. The van der Waals surface area contributed by atoms with Crippen molar-refractivity contribution in [2.45, 2.75) is 12.8 Å². The lowest BCUT2D eigenvalue weighted by Crippen LogP contribution is -1.95. The number of carbonyl (C=O) groups is 1. The highest BCUT2D eigenvalue weighted by molar-refractivity contribution is 7.10. The summed E-state index contributed by atoms with van der Waals surface area (Å²) in [7, 11) is 0. The van der Waals surface area contributed by atoms with Crippen LogP contribution in [0, 0.1) is 0 Å². The van der Waals surface area contributed by atoms with Gasteiger partial charge in [-0.05, 0) is 24.5 Å². The number of carboxylic acids is 1. The fourth-order valence-corrected chi connectivity index (χ4v) is 2.08. The van der Waals surface area contributed by atoms with Gasteiger partial charge < -0.3 is 5.11 Å². The molecule has 2 rings (SSSR count). The second kappa shape index (κ2) is 4.90. The molecular formula is C12H11NO2S. The van der Waals surface area contributed by atoms with Crippen molar-refractivity contribution in [3.05, 3.63) is 46.0 Å². The first-order chi connectivity index (χ1) is 7.75. The van der Waals surface area contributed by atoms with Crippen molar-refractivity contribution in [1.29, 1.82) is 0 Å². The third-order valence-electron chi connectivity index (χ3n) is 2.23. The first-order valence-corrected chi connectivity index (χ1v) is 5.86. The number of thiazole rings is 1. The van der Waals surface area contributed by atoms with E-state index >= 15 is 0 Å². The molecule has 1 aliphatic rings. The molecule has 0 spiro atoms. The van der Waals surface area contributed by atoms with Crippen molar-refractivity contribution in [2.75, 3.05) is 0 Å². The minimum Gasteiger partial charge on any atom is -0.476 e. The van der Waals surface area contributed by atoms with Crippen LogP contribution < -0.4 is 0 Å². The van der Waals surface area contributed by atoms with Crippen LogP contribution in [-0.4, -0.2) is 16.1 Å². The van der Waals surface area contributed by atoms with Crippen molar-refractivity contribution in [3.8, 4) is 0 Å². The van der Waals surface area contributed by atoms with E-state index in [0.717, 1.165) is 17.8 Å². The molecule has 1 aromatic heterocycles. The van der Waals surface area contributed by atoms with Gasteiger partial charge in [0.1, 0.15) is 5.01 Å². The third kappa shape index (κ3) is 2.67. The van der Waals surface area contributed by atoms with Gasteiger partial charge in [0, 0.05) is 5.38 Å². The monoisotopic (exact) mass is 233 g/mol. The average Bonchev–Trinajstić information content (AvgIpc) is 2.76. The summed E-state index contributed by atoms with van der Waals surface area (Å²) >= 11 is 1.34. The Morgan fingerprint density at radius 1 is 1.50 bits per heavy atom. The fraction of sp³-hybridized carbons (Fsp3) is 0.167. The summed E-state index contributed by atoms with van der Waals surface area (Å²) in [5.41, 5.74) is 1.36. The number of hydrogen-bond donors (Lipinski definition) is 1. The summed E-state index contributed by atoms with van der Waals surface area (Å²) in [6.45, 7) is 0. The van der Waals surface area contributed by atoms with Crippen LogP contribution in [0.2, 0.25) is 0 Å². The first-order valence-electron chi connectivity index (χ1n) is 4.98. The molecule has 3 nitrogen and oxygen atoms in total. The number of aromatic nitrogens is 1. The average molecular weight is 233 g/mol. The second-order valence-corrected chi connectivity index (χ2v) is 4.31. The summed E-state index contributed by atoms with van der Waals surface area (Å²) in [6, 6.07) is 0. The number of aromatic carboxylic acids is 1. The Balaban J connectivity index is 2.08. The normalized spacial score (nSPS) is 15.4. The van der Waals surface area contributed by atoms with Crippen LogP contribution in [0.15, 0.2) is 35.3 Å². The maximum Gasteiger partial charge on any atom is 0.355 e.